The Hall–Kier alpha value is -6.42. The number of carboxylic acid groups (broad SMARTS) is 2. The quantitative estimate of drug-likeness (QED) is 0.136. The highest BCUT2D eigenvalue weighted by Gasteiger charge is 2.25. The van der Waals surface area contributed by atoms with Gasteiger partial charge >= 0.3 is 11.9 Å². The van der Waals surface area contributed by atoms with E-state index in [2.05, 4.69) is 5.32 Å². The smallest absolute Gasteiger partial charge is 0.336 e. The van der Waals surface area contributed by atoms with E-state index in [1.54, 1.807) is 60.7 Å². The zero-order valence-corrected chi connectivity index (χ0v) is 22.9. The molecule has 0 aliphatic heterocycles. The molecule has 4 rings (SSSR count). The summed E-state index contributed by atoms with van der Waals surface area (Å²) in [4.78, 5) is 73.0. The number of allylic oxidation sites excluding steroid dienone is 2. The Bertz CT molecular complexity index is 1860. The number of carbonyl (C=O) groups is 6. The molecule has 0 spiro atoms. The Morgan fingerprint density at radius 2 is 1.07 bits per heavy atom. The fourth-order valence-electron chi connectivity index (χ4n) is 4.15. The van der Waals surface area contributed by atoms with Crippen LogP contribution in [-0.4, -0.2) is 45.5 Å². The number of hydrogen-bond acceptors (Lipinski definition) is 6. The molecule has 2 amide bonds. The number of amides is 2. The van der Waals surface area contributed by atoms with Crippen molar-refractivity contribution in [1.82, 2.24) is 0 Å². The van der Waals surface area contributed by atoms with Gasteiger partial charge < -0.3 is 21.3 Å². The standard InChI is InChI=1S/C34H24N2O8/c35-31(39)25-18-26(28(34(43)44)19-27(25)33(41)42)32(40)36-24-8-4-7-23(17-24)30(38)16-14-21-11-9-20(10-12-21)13-15-29(37)22-5-2-1-3-6-22/h1-19H,(H2,35,39)(H,36,40)(H,41,42)(H,43,44)/b15-13+,16-14+. The summed E-state index contributed by atoms with van der Waals surface area (Å²) in [5.74, 6) is -5.79. The predicted octanol–water partition coefficient (Wildman–Crippen LogP) is 5.23. The van der Waals surface area contributed by atoms with Crippen molar-refractivity contribution < 1.29 is 39.0 Å². The average molecular weight is 589 g/mol. The fraction of sp³-hybridized carbons (Fsp3) is 0. The summed E-state index contributed by atoms with van der Waals surface area (Å²) in [5, 5.41) is 21.3. The number of carbonyl (C=O) groups excluding carboxylic acids is 4. The first kappa shape index (κ1) is 30.5. The predicted molar refractivity (Wildman–Crippen MR) is 163 cm³/mol. The number of rotatable bonds is 11. The molecule has 10 nitrogen and oxygen atoms in total. The molecule has 4 aromatic rings. The molecule has 0 aromatic heterocycles. The van der Waals surface area contributed by atoms with Crippen LogP contribution in [0.15, 0.2) is 103 Å². The maximum absolute atomic E-state index is 13.0. The largest absolute Gasteiger partial charge is 0.478 e. The summed E-state index contributed by atoms with van der Waals surface area (Å²) in [5.41, 5.74) is 5.38. The van der Waals surface area contributed by atoms with Crippen LogP contribution in [0.25, 0.3) is 12.2 Å². The van der Waals surface area contributed by atoms with Gasteiger partial charge in [-0.25, -0.2) is 9.59 Å². The molecule has 0 aliphatic carbocycles. The molecule has 0 aliphatic rings. The van der Waals surface area contributed by atoms with Crippen LogP contribution in [0.3, 0.4) is 0 Å². The average Bonchev–Trinajstić information content (AvgIpc) is 3.02. The van der Waals surface area contributed by atoms with Gasteiger partial charge in [0, 0.05) is 16.8 Å². The van der Waals surface area contributed by atoms with Gasteiger partial charge in [-0.2, -0.15) is 0 Å². The van der Waals surface area contributed by atoms with Gasteiger partial charge in [-0.3, -0.25) is 19.2 Å². The first-order valence-electron chi connectivity index (χ1n) is 13.0. The van der Waals surface area contributed by atoms with Crippen molar-refractivity contribution in [2.75, 3.05) is 5.32 Å². The fourth-order valence-corrected chi connectivity index (χ4v) is 4.15. The number of benzene rings is 4. The zero-order chi connectivity index (χ0) is 31.8. The highest BCUT2D eigenvalue weighted by molar-refractivity contribution is 6.15. The van der Waals surface area contributed by atoms with Crippen molar-refractivity contribution in [2.45, 2.75) is 0 Å². The number of primary amides is 1. The molecule has 0 unspecified atom stereocenters. The second-order valence-electron chi connectivity index (χ2n) is 9.38. The lowest BCUT2D eigenvalue weighted by Gasteiger charge is -2.12. The summed E-state index contributed by atoms with van der Waals surface area (Å²) in [6.45, 7) is 0. The normalized spacial score (nSPS) is 10.9. The van der Waals surface area contributed by atoms with Gasteiger partial charge in [0.2, 0.25) is 5.91 Å². The third-order valence-corrected chi connectivity index (χ3v) is 6.38. The van der Waals surface area contributed by atoms with Crippen LogP contribution in [0.2, 0.25) is 0 Å². The SMILES string of the molecule is NC(=O)c1cc(C(=O)Nc2cccc(C(=O)/C=C/c3ccc(/C=C/C(=O)c4ccccc4)cc3)c2)c(C(=O)O)cc1C(=O)O. The van der Waals surface area contributed by atoms with Crippen molar-refractivity contribution in [3.63, 3.8) is 0 Å². The van der Waals surface area contributed by atoms with Crippen LogP contribution >= 0.6 is 0 Å². The Labute approximate surface area is 250 Å². The van der Waals surface area contributed by atoms with Crippen LogP contribution in [0.5, 0.6) is 0 Å². The van der Waals surface area contributed by atoms with E-state index in [1.165, 1.54) is 36.4 Å². The van der Waals surface area contributed by atoms with Gasteiger partial charge in [-0.1, -0.05) is 78.9 Å². The number of aromatic carboxylic acids is 2. The number of nitrogens with two attached hydrogens (primary N) is 1. The molecule has 0 radical (unpaired) electrons. The van der Waals surface area contributed by atoms with E-state index in [9.17, 15) is 39.0 Å². The minimum absolute atomic E-state index is 0.118. The first-order valence-corrected chi connectivity index (χ1v) is 13.0. The van der Waals surface area contributed by atoms with Gasteiger partial charge in [-0.15, -0.1) is 0 Å². The molecule has 0 atom stereocenters. The second kappa shape index (κ2) is 13.5. The van der Waals surface area contributed by atoms with Crippen LogP contribution in [-0.2, 0) is 0 Å². The molecule has 0 bridgehead atoms. The summed E-state index contributed by atoms with van der Waals surface area (Å²) in [6.07, 6.45) is 6.13. The first-order chi connectivity index (χ1) is 21.0. The number of anilines is 1. The molecular formula is C34H24N2O8. The van der Waals surface area contributed by atoms with Gasteiger partial charge in [0.05, 0.1) is 22.3 Å². The minimum atomic E-state index is -1.59. The van der Waals surface area contributed by atoms with Gasteiger partial charge in [0.1, 0.15) is 0 Å². The summed E-state index contributed by atoms with van der Waals surface area (Å²) < 4.78 is 0. The molecule has 0 saturated carbocycles. The van der Waals surface area contributed by atoms with E-state index >= 15 is 0 Å². The molecule has 218 valence electrons. The summed E-state index contributed by atoms with van der Waals surface area (Å²) >= 11 is 0. The van der Waals surface area contributed by atoms with Gasteiger partial charge in [-0.05, 0) is 47.5 Å². The lowest BCUT2D eigenvalue weighted by atomic mass is 9.97. The van der Waals surface area contributed by atoms with E-state index in [0.29, 0.717) is 11.6 Å². The monoisotopic (exact) mass is 588 g/mol. The van der Waals surface area contributed by atoms with E-state index in [4.69, 9.17) is 5.73 Å². The lowest BCUT2D eigenvalue weighted by Crippen LogP contribution is -2.22. The van der Waals surface area contributed by atoms with Crippen molar-refractivity contribution in [1.29, 1.82) is 0 Å². The topological polar surface area (TPSA) is 181 Å². The number of nitrogens with one attached hydrogen (secondary N) is 1. The van der Waals surface area contributed by atoms with Gasteiger partial charge in [0.15, 0.2) is 11.6 Å². The lowest BCUT2D eigenvalue weighted by molar-refractivity contribution is 0.0689. The van der Waals surface area contributed by atoms with Crippen LogP contribution in [0.4, 0.5) is 5.69 Å². The van der Waals surface area contributed by atoms with Crippen molar-refractivity contribution in [3.05, 3.63) is 148 Å². The van der Waals surface area contributed by atoms with E-state index in [0.717, 1.165) is 17.2 Å². The van der Waals surface area contributed by atoms with Crippen molar-refractivity contribution >= 4 is 53.2 Å². The number of carboxylic acids is 2. The van der Waals surface area contributed by atoms with E-state index < -0.39 is 46.0 Å². The van der Waals surface area contributed by atoms with Crippen LogP contribution in [0.1, 0.15) is 73.3 Å². The number of ketones is 2. The van der Waals surface area contributed by atoms with Crippen LogP contribution in [0, 0.1) is 0 Å². The molecule has 5 N–H and O–H groups in total. The maximum Gasteiger partial charge on any atom is 0.336 e. The third-order valence-electron chi connectivity index (χ3n) is 6.38. The highest BCUT2D eigenvalue weighted by atomic mass is 16.4. The Balaban J connectivity index is 1.46. The summed E-state index contributed by atoms with van der Waals surface area (Å²) in [7, 11) is 0. The minimum Gasteiger partial charge on any atom is -0.478 e. The molecule has 0 saturated heterocycles. The second-order valence-corrected chi connectivity index (χ2v) is 9.38. The maximum atomic E-state index is 13.0. The molecule has 10 heteroatoms. The van der Waals surface area contributed by atoms with Gasteiger partial charge in [0.25, 0.3) is 5.91 Å². The van der Waals surface area contributed by atoms with Crippen molar-refractivity contribution in [2.24, 2.45) is 5.73 Å². The van der Waals surface area contributed by atoms with Crippen LogP contribution < -0.4 is 11.1 Å². The highest BCUT2D eigenvalue weighted by Crippen LogP contribution is 2.21. The Morgan fingerprint density at radius 1 is 0.568 bits per heavy atom. The molecule has 0 heterocycles. The molecular weight excluding hydrogens is 564 g/mol. The Kier molecular flexibility index (Phi) is 9.37. The Morgan fingerprint density at radius 3 is 1.61 bits per heavy atom. The number of hydrogen-bond donors (Lipinski definition) is 4. The molecule has 44 heavy (non-hydrogen) atoms. The van der Waals surface area contributed by atoms with Crippen molar-refractivity contribution in [3.8, 4) is 0 Å². The summed E-state index contributed by atoms with van der Waals surface area (Å²) in [6, 6.07) is 23.4. The van der Waals surface area contributed by atoms with E-state index in [1.807, 2.05) is 6.07 Å². The molecule has 4 aromatic carbocycles. The molecule has 0 fully saturated rings. The van der Waals surface area contributed by atoms with E-state index in [-0.39, 0.29) is 22.8 Å². The zero-order valence-electron chi connectivity index (χ0n) is 22.9. The third kappa shape index (κ3) is 7.45.